The minimum Gasteiger partial charge on any atom is -0.482 e. The van der Waals surface area contributed by atoms with Crippen LogP contribution in [0, 0.1) is 6.92 Å². The summed E-state index contributed by atoms with van der Waals surface area (Å²) in [6.45, 7) is 1.11. The first kappa shape index (κ1) is 18.3. The van der Waals surface area contributed by atoms with E-state index in [1.807, 2.05) is 6.07 Å². The largest absolute Gasteiger partial charge is 0.482 e. The van der Waals surface area contributed by atoms with Gasteiger partial charge in [-0.3, -0.25) is 4.79 Å². The summed E-state index contributed by atoms with van der Waals surface area (Å²) >= 11 is 9.28. The molecule has 0 aromatic heterocycles. The molecule has 0 radical (unpaired) electrons. The van der Waals surface area contributed by atoms with Gasteiger partial charge in [0.05, 0.1) is 0 Å². The van der Waals surface area contributed by atoms with E-state index in [1.54, 1.807) is 43.3 Å². The van der Waals surface area contributed by atoms with Crippen LogP contribution in [-0.2, 0) is 14.3 Å². The maximum absolute atomic E-state index is 11.8. The van der Waals surface area contributed by atoms with Crippen LogP contribution < -0.4 is 10.1 Å². The van der Waals surface area contributed by atoms with Gasteiger partial charge >= 0.3 is 5.97 Å². The Kier molecular flexibility index (Phi) is 6.63. The van der Waals surface area contributed by atoms with Gasteiger partial charge in [0.1, 0.15) is 5.75 Å². The number of benzene rings is 2. The summed E-state index contributed by atoms with van der Waals surface area (Å²) in [5.41, 5.74) is 1.32. The van der Waals surface area contributed by atoms with E-state index < -0.39 is 18.5 Å². The fourth-order valence-electron chi connectivity index (χ4n) is 1.82. The van der Waals surface area contributed by atoms with Gasteiger partial charge in [-0.15, -0.1) is 0 Å². The van der Waals surface area contributed by atoms with Crippen LogP contribution in [0.15, 0.2) is 46.9 Å². The van der Waals surface area contributed by atoms with Gasteiger partial charge in [0, 0.05) is 15.2 Å². The van der Waals surface area contributed by atoms with Crippen molar-refractivity contribution < 1.29 is 19.1 Å². The second kappa shape index (κ2) is 8.70. The molecule has 0 aliphatic carbocycles. The van der Waals surface area contributed by atoms with Crippen molar-refractivity contribution >= 4 is 45.1 Å². The molecule has 0 atom stereocenters. The van der Waals surface area contributed by atoms with E-state index in [0.29, 0.717) is 16.5 Å². The predicted octanol–water partition coefficient (Wildman–Crippen LogP) is 3.97. The highest BCUT2D eigenvalue weighted by molar-refractivity contribution is 9.10. The molecule has 5 nitrogen and oxygen atoms in total. The molecule has 0 spiro atoms. The van der Waals surface area contributed by atoms with Crippen LogP contribution in [0.4, 0.5) is 5.69 Å². The lowest BCUT2D eigenvalue weighted by molar-refractivity contribution is -0.149. The molecule has 0 aliphatic heterocycles. The molecule has 1 N–H and O–H groups in total. The number of hydrogen-bond acceptors (Lipinski definition) is 4. The predicted molar refractivity (Wildman–Crippen MR) is 95.4 cm³/mol. The van der Waals surface area contributed by atoms with E-state index in [-0.39, 0.29) is 6.61 Å². The molecule has 0 bridgehead atoms. The van der Waals surface area contributed by atoms with Crippen LogP contribution in [0.3, 0.4) is 0 Å². The van der Waals surface area contributed by atoms with Gasteiger partial charge in [-0.05, 0) is 42.8 Å². The number of halogens is 2. The summed E-state index contributed by atoms with van der Waals surface area (Å²) in [4.78, 5) is 23.4. The zero-order valence-electron chi connectivity index (χ0n) is 12.8. The highest BCUT2D eigenvalue weighted by atomic mass is 79.9. The zero-order chi connectivity index (χ0) is 17.5. The Labute approximate surface area is 153 Å². The summed E-state index contributed by atoms with van der Waals surface area (Å²) < 4.78 is 11.0. The SMILES string of the molecule is Cc1c(Cl)cccc1NC(=O)COC(=O)COc1cccc(Br)c1. The Morgan fingerprint density at radius 3 is 2.67 bits per heavy atom. The number of hydrogen-bond donors (Lipinski definition) is 1. The molecule has 0 aliphatic rings. The topological polar surface area (TPSA) is 64.6 Å². The van der Waals surface area contributed by atoms with Crippen molar-refractivity contribution in [3.05, 3.63) is 57.5 Å². The molecule has 2 aromatic rings. The fraction of sp³-hybridized carbons (Fsp3) is 0.176. The summed E-state index contributed by atoms with van der Waals surface area (Å²) in [6, 6.07) is 12.2. The van der Waals surface area contributed by atoms with E-state index >= 15 is 0 Å². The van der Waals surface area contributed by atoms with Crippen LogP contribution >= 0.6 is 27.5 Å². The lowest BCUT2D eigenvalue weighted by atomic mass is 10.2. The van der Waals surface area contributed by atoms with Crippen LogP contribution in [0.1, 0.15) is 5.56 Å². The Morgan fingerprint density at radius 2 is 1.92 bits per heavy atom. The van der Waals surface area contributed by atoms with Gasteiger partial charge in [0.2, 0.25) is 0 Å². The lowest BCUT2D eigenvalue weighted by Gasteiger charge is -2.10. The number of rotatable bonds is 6. The van der Waals surface area contributed by atoms with Crippen molar-refractivity contribution in [3.63, 3.8) is 0 Å². The van der Waals surface area contributed by atoms with Crippen LogP contribution in [0.25, 0.3) is 0 Å². The maximum Gasteiger partial charge on any atom is 0.344 e. The summed E-state index contributed by atoms with van der Waals surface area (Å²) in [5, 5.41) is 3.19. The van der Waals surface area contributed by atoms with Crippen molar-refractivity contribution in [3.8, 4) is 5.75 Å². The first-order valence-corrected chi connectivity index (χ1v) is 8.22. The van der Waals surface area contributed by atoms with E-state index in [4.69, 9.17) is 21.1 Å². The highest BCUT2D eigenvalue weighted by Gasteiger charge is 2.10. The van der Waals surface area contributed by atoms with Gasteiger partial charge in [-0.25, -0.2) is 4.79 Å². The molecule has 7 heteroatoms. The molecule has 0 saturated carbocycles. The van der Waals surface area contributed by atoms with Gasteiger partial charge in [-0.1, -0.05) is 39.7 Å². The summed E-state index contributed by atoms with van der Waals surface area (Å²) in [5.74, 6) is -0.551. The monoisotopic (exact) mass is 411 g/mol. The number of esters is 1. The maximum atomic E-state index is 11.8. The molecule has 0 saturated heterocycles. The fourth-order valence-corrected chi connectivity index (χ4v) is 2.37. The number of nitrogens with one attached hydrogen (secondary N) is 1. The second-order valence-electron chi connectivity index (χ2n) is 4.87. The third-order valence-corrected chi connectivity index (χ3v) is 3.96. The number of anilines is 1. The molecule has 0 unspecified atom stereocenters. The number of ether oxygens (including phenoxy) is 2. The van der Waals surface area contributed by atoms with Gasteiger partial charge < -0.3 is 14.8 Å². The van der Waals surface area contributed by atoms with Crippen molar-refractivity contribution in [1.29, 1.82) is 0 Å². The van der Waals surface area contributed by atoms with Crippen molar-refractivity contribution in [2.45, 2.75) is 6.92 Å². The Hall–Kier alpha value is -2.05. The average Bonchev–Trinajstić information content (AvgIpc) is 2.55. The van der Waals surface area contributed by atoms with Crippen LogP contribution in [0.5, 0.6) is 5.75 Å². The van der Waals surface area contributed by atoms with E-state index in [0.717, 1.165) is 10.0 Å². The molecule has 1 amide bonds. The molecule has 24 heavy (non-hydrogen) atoms. The first-order valence-electron chi connectivity index (χ1n) is 7.04. The minimum absolute atomic E-state index is 0.278. The summed E-state index contributed by atoms with van der Waals surface area (Å²) in [6.07, 6.45) is 0. The smallest absolute Gasteiger partial charge is 0.344 e. The quantitative estimate of drug-likeness (QED) is 0.729. The molecular weight excluding hydrogens is 398 g/mol. The number of carbonyl (C=O) groups excluding carboxylic acids is 2. The first-order chi connectivity index (χ1) is 11.5. The average molecular weight is 413 g/mol. The van der Waals surface area contributed by atoms with Crippen molar-refractivity contribution in [1.82, 2.24) is 0 Å². The molecule has 126 valence electrons. The van der Waals surface area contributed by atoms with Gasteiger partial charge in [0.25, 0.3) is 5.91 Å². The van der Waals surface area contributed by atoms with Crippen molar-refractivity contribution in [2.75, 3.05) is 18.5 Å². The normalized spacial score (nSPS) is 10.1. The van der Waals surface area contributed by atoms with Gasteiger partial charge in [0.15, 0.2) is 13.2 Å². The molecule has 0 fully saturated rings. The van der Waals surface area contributed by atoms with E-state index in [2.05, 4.69) is 21.2 Å². The van der Waals surface area contributed by atoms with Gasteiger partial charge in [-0.2, -0.15) is 0 Å². The third-order valence-electron chi connectivity index (χ3n) is 3.06. The Bertz CT molecular complexity index is 751. The van der Waals surface area contributed by atoms with Crippen molar-refractivity contribution in [2.24, 2.45) is 0 Å². The highest BCUT2D eigenvalue weighted by Crippen LogP contribution is 2.22. The molecule has 2 aromatic carbocycles. The Morgan fingerprint density at radius 1 is 1.17 bits per heavy atom. The van der Waals surface area contributed by atoms with Crippen LogP contribution in [0.2, 0.25) is 5.02 Å². The standard InChI is InChI=1S/C17H15BrClNO4/c1-11-14(19)6-3-7-15(11)20-16(21)9-24-17(22)10-23-13-5-2-4-12(18)8-13/h2-8H,9-10H2,1H3,(H,20,21). The third kappa shape index (κ3) is 5.54. The molecule has 0 heterocycles. The number of amides is 1. The van der Waals surface area contributed by atoms with E-state index in [1.165, 1.54) is 0 Å². The minimum atomic E-state index is -0.632. The lowest BCUT2D eigenvalue weighted by Crippen LogP contribution is -2.24. The Balaban J connectivity index is 1.77. The van der Waals surface area contributed by atoms with Crippen LogP contribution in [-0.4, -0.2) is 25.1 Å². The molecular formula is C17H15BrClNO4. The number of carbonyl (C=O) groups is 2. The van der Waals surface area contributed by atoms with E-state index in [9.17, 15) is 9.59 Å². The zero-order valence-corrected chi connectivity index (χ0v) is 15.2. The molecule has 2 rings (SSSR count). The summed E-state index contributed by atoms with van der Waals surface area (Å²) in [7, 11) is 0. The second-order valence-corrected chi connectivity index (χ2v) is 6.19.